The van der Waals surface area contributed by atoms with E-state index >= 15 is 0 Å². The van der Waals surface area contributed by atoms with E-state index in [1.807, 2.05) is 13.0 Å². The van der Waals surface area contributed by atoms with Crippen LogP contribution < -0.4 is 5.56 Å². The molecule has 0 unspecified atom stereocenters. The Kier molecular flexibility index (Phi) is 6.02. The van der Waals surface area contributed by atoms with Crippen LogP contribution in [0.5, 0.6) is 5.88 Å². The predicted octanol–water partition coefficient (Wildman–Crippen LogP) is 3.87. The van der Waals surface area contributed by atoms with Gasteiger partial charge in [-0.15, -0.1) is 5.11 Å². The van der Waals surface area contributed by atoms with Gasteiger partial charge < -0.3 is 5.11 Å². The first-order valence-electron chi connectivity index (χ1n) is 10.1. The van der Waals surface area contributed by atoms with E-state index in [9.17, 15) is 24.8 Å². The van der Waals surface area contributed by atoms with Crippen molar-refractivity contribution in [3.8, 4) is 11.9 Å². The third-order valence-corrected chi connectivity index (χ3v) is 5.37. The molecule has 1 N–H and O–H groups in total. The fourth-order valence-electron chi connectivity index (χ4n) is 3.51. The van der Waals surface area contributed by atoms with Gasteiger partial charge in [-0.05, 0) is 44.9 Å². The molecule has 0 bridgehead atoms. The van der Waals surface area contributed by atoms with Gasteiger partial charge in [0.05, 0.1) is 16.8 Å². The first-order chi connectivity index (χ1) is 14.8. The van der Waals surface area contributed by atoms with Gasteiger partial charge >= 0.3 is 0 Å². The number of aryl methyl sites for hydroxylation is 1. The summed E-state index contributed by atoms with van der Waals surface area (Å²) in [7, 11) is 0. The van der Waals surface area contributed by atoms with E-state index in [-0.39, 0.29) is 40.7 Å². The molecule has 2 aromatic rings. The Morgan fingerprint density at radius 2 is 1.71 bits per heavy atom. The topological polar surface area (TPSA) is 128 Å². The van der Waals surface area contributed by atoms with Crippen LogP contribution in [0.25, 0.3) is 0 Å². The number of pyridine rings is 1. The van der Waals surface area contributed by atoms with Gasteiger partial charge in [0.15, 0.2) is 5.69 Å². The van der Waals surface area contributed by atoms with Crippen LogP contribution in [0.3, 0.4) is 0 Å². The van der Waals surface area contributed by atoms with Gasteiger partial charge in [-0.1, -0.05) is 13.3 Å². The predicted molar refractivity (Wildman–Crippen MR) is 113 cm³/mol. The normalized spacial score (nSPS) is 13.2. The molecule has 160 valence electrons. The lowest BCUT2D eigenvalue weighted by atomic mass is 10.0. The van der Waals surface area contributed by atoms with Crippen molar-refractivity contribution in [1.29, 1.82) is 5.26 Å². The molecule has 0 saturated heterocycles. The number of benzene rings is 1. The highest BCUT2D eigenvalue weighted by molar-refractivity contribution is 6.21. The largest absolute Gasteiger partial charge is 0.493 e. The zero-order valence-electron chi connectivity index (χ0n) is 17.9. The number of amides is 2. The maximum atomic E-state index is 12.7. The molecule has 0 fully saturated rings. The first kappa shape index (κ1) is 21.9. The Hall–Kier alpha value is -3.80. The molecule has 3 rings (SSSR count). The summed E-state index contributed by atoms with van der Waals surface area (Å²) in [6.45, 7) is 7.41. The molecule has 0 saturated carbocycles. The first-order valence-corrected chi connectivity index (χ1v) is 10.1. The minimum Gasteiger partial charge on any atom is -0.493 e. The average molecular weight is 421 g/mol. The lowest BCUT2D eigenvalue weighted by molar-refractivity contribution is 0.0652. The van der Waals surface area contributed by atoms with Crippen molar-refractivity contribution in [3.63, 3.8) is 0 Å². The molecule has 0 spiro atoms. The molecule has 1 aromatic carbocycles. The smallest absolute Gasteiger partial charge is 0.281 e. The van der Waals surface area contributed by atoms with Crippen LogP contribution in [-0.2, 0) is 6.54 Å². The molecule has 1 aliphatic rings. The van der Waals surface area contributed by atoms with Crippen LogP contribution in [0.1, 0.15) is 64.1 Å². The second-order valence-corrected chi connectivity index (χ2v) is 7.33. The van der Waals surface area contributed by atoms with E-state index in [2.05, 4.69) is 10.2 Å². The quantitative estimate of drug-likeness (QED) is 0.559. The molecule has 0 radical (unpaired) electrons. The number of nitriles is 1. The van der Waals surface area contributed by atoms with Crippen LogP contribution in [0, 0.1) is 25.2 Å². The highest BCUT2D eigenvalue weighted by Gasteiger charge is 2.35. The van der Waals surface area contributed by atoms with Crippen LogP contribution in [0.15, 0.2) is 27.2 Å². The molecule has 31 heavy (non-hydrogen) atoms. The van der Waals surface area contributed by atoms with Crippen LogP contribution in [0.4, 0.5) is 11.4 Å². The average Bonchev–Trinajstić information content (AvgIpc) is 2.96. The number of nitrogens with zero attached hydrogens (tertiary/aromatic N) is 5. The molecule has 0 aliphatic carbocycles. The summed E-state index contributed by atoms with van der Waals surface area (Å²) in [5, 5.41) is 27.7. The Morgan fingerprint density at radius 1 is 1.06 bits per heavy atom. The van der Waals surface area contributed by atoms with Crippen molar-refractivity contribution in [2.75, 3.05) is 6.54 Å². The SMILES string of the molecule is CCCCN1C(=O)c2cc(C)c(N=Nc3c(C)c(C#N)c(O)n(CC)c3=O)cc2C1=O. The number of carbonyl (C=O) groups excluding carboxylic acids is 2. The van der Waals surface area contributed by atoms with Crippen molar-refractivity contribution in [2.45, 2.75) is 47.1 Å². The maximum Gasteiger partial charge on any atom is 0.281 e. The highest BCUT2D eigenvalue weighted by atomic mass is 16.3. The van der Waals surface area contributed by atoms with Crippen molar-refractivity contribution in [1.82, 2.24) is 9.47 Å². The van der Waals surface area contributed by atoms with Gasteiger partial charge in [-0.2, -0.15) is 10.4 Å². The van der Waals surface area contributed by atoms with Gasteiger partial charge in [0.25, 0.3) is 17.4 Å². The van der Waals surface area contributed by atoms with Crippen LogP contribution in [-0.4, -0.2) is 32.9 Å². The fraction of sp³-hybridized carbons (Fsp3) is 0.364. The van der Waals surface area contributed by atoms with E-state index in [0.717, 1.165) is 17.4 Å². The number of aromatic nitrogens is 1. The number of imide groups is 1. The van der Waals surface area contributed by atoms with Gasteiger partial charge in [-0.3, -0.25) is 23.9 Å². The van der Waals surface area contributed by atoms with E-state index in [1.54, 1.807) is 19.9 Å². The number of hydrogen-bond donors (Lipinski definition) is 1. The molecule has 9 nitrogen and oxygen atoms in total. The molecule has 2 heterocycles. The lowest BCUT2D eigenvalue weighted by Gasteiger charge is -2.12. The van der Waals surface area contributed by atoms with Gasteiger partial charge in [0.2, 0.25) is 5.88 Å². The molecule has 2 amide bonds. The van der Waals surface area contributed by atoms with Gasteiger partial charge in [-0.25, -0.2) is 0 Å². The summed E-state index contributed by atoms with van der Waals surface area (Å²) in [5.74, 6) is -1.10. The monoisotopic (exact) mass is 421 g/mol. The van der Waals surface area contributed by atoms with Crippen molar-refractivity contribution in [3.05, 3.63) is 50.3 Å². The summed E-state index contributed by atoms with van der Waals surface area (Å²) < 4.78 is 1.04. The third kappa shape index (κ3) is 3.61. The number of fused-ring (bicyclic) bond motifs is 1. The number of azo groups is 1. The Balaban J connectivity index is 2.06. The minimum absolute atomic E-state index is 0.0478. The molecule has 1 aromatic heterocycles. The summed E-state index contributed by atoms with van der Waals surface area (Å²) >= 11 is 0. The van der Waals surface area contributed by atoms with E-state index < -0.39 is 11.4 Å². The van der Waals surface area contributed by atoms with Crippen molar-refractivity contribution >= 4 is 23.2 Å². The molecule has 9 heteroatoms. The zero-order chi connectivity index (χ0) is 22.9. The number of aromatic hydroxyl groups is 1. The number of rotatable bonds is 6. The third-order valence-electron chi connectivity index (χ3n) is 5.37. The van der Waals surface area contributed by atoms with Crippen LogP contribution in [0.2, 0.25) is 0 Å². The molecule has 1 aliphatic heterocycles. The standard InChI is InChI=1S/C22H23N5O4/c1-5-7-8-27-19(28)14-9-12(3)17(10-15(14)20(27)29)24-25-18-13(4)16(11-23)21(30)26(6-2)22(18)31/h9-10,30H,5-8H2,1-4H3. The number of carbonyl (C=O) groups is 2. The maximum absolute atomic E-state index is 12.7. The fourth-order valence-corrected chi connectivity index (χ4v) is 3.51. The summed E-state index contributed by atoms with van der Waals surface area (Å²) in [5.41, 5.74) is 1.08. The number of unbranched alkanes of at least 4 members (excludes halogenated alkanes) is 1. The highest BCUT2D eigenvalue weighted by Crippen LogP contribution is 2.32. The van der Waals surface area contributed by atoms with E-state index in [0.29, 0.717) is 23.4 Å². The van der Waals surface area contributed by atoms with Gasteiger partial charge in [0, 0.05) is 18.7 Å². The lowest BCUT2D eigenvalue weighted by Crippen LogP contribution is -2.30. The molecular weight excluding hydrogens is 398 g/mol. The Labute approximate surface area is 179 Å². The zero-order valence-corrected chi connectivity index (χ0v) is 17.9. The van der Waals surface area contributed by atoms with E-state index in [1.165, 1.54) is 17.9 Å². The second-order valence-electron chi connectivity index (χ2n) is 7.33. The second kappa shape index (κ2) is 8.52. The summed E-state index contributed by atoms with van der Waals surface area (Å²) in [6.07, 6.45) is 1.58. The summed E-state index contributed by atoms with van der Waals surface area (Å²) in [4.78, 5) is 39.2. The summed E-state index contributed by atoms with van der Waals surface area (Å²) in [6, 6.07) is 4.98. The number of hydrogen-bond acceptors (Lipinski definition) is 7. The molecular formula is C22H23N5O4. The Bertz CT molecular complexity index is 1220. The minimum atomic E-state index is -0.573. The van der Waals surface area contributed by atoms with E-state index in [4.69, 9.17) is 0 Å². The van der Waals surface area contributed by atoms with Crippen molar-refractivity contribution in [2.24, 2.45) is 10.2 Å². The van der Waals surface area contributed by atoms with Crippen molar-refractivity contribution < 1.29 is 14.7 Å². The van der Waals surface area contributed by atoms with Crippen LogP contribution >= 0.6 is 0 Å². The molecule has 0 atom stereocenters. The van der Waals surface area contributed by atoms with Gasteiger partial charge in [0.1, 0.15) is 11.6 Å². The Morgan fingerprint density at radius 3 is 2.29 bits per heavy atom.